The lowest BCUT2D eigenvalue weighted by Gasteiger charge is -2.36. The van der Waals surface area contributed by atoms with Crippen molar-refractivity contribution in [3.05, 3.63) is 301 Å². The van der Waals surface area contributed by atoms with Crippen LogP contribution in [0, 0.1) is 0 Å². The molecule has 332 valence electrons. The minimum atomic E-state index is -0.709. The Balaban J connectivity index is 1.08. The smallest absolute Gasteiger partial charge is 0.0715 e. The van der Waals surface area contributed by atoms with Gasteiger partial charge < -0.3 is 9.80 Å². The Hall–Kier alpha value is -9.24. The SMILES string of the molecule is c1ccc(C2(c3ccccc3)c3cc(N(c4ccc5ccccc5c4)c4ccc5ccccc5c4)ccc3-c3c2cc(N(c2ccc4ccccc4c2)c2ccc4ccccc4c2)c2ccccc32)cc1. The van der Waals surface area contributed by atoms with E-state index in [4.69, 9.17) is 0 Å². The molecule has 0 aromatic heterocycles. The highest BCUT2D eigenvalue weighted by Gasteiger charge is 2.48. The zero-order valence-corrected chi connectivity index (χ0v) is 39.0. The summed E-state index contributed by atoms with van der Waals surface area (Å²) in [6.07, 6.45) is 0. The normalized spacial score (nSPS) is 12.6. The number of nitrogens with zero attached hydrogens (tertiary/aromatic N) is 2. The van der Waals surface area contributed by atoms with Crippen molar-refractivity contribution >= 4 is 88.0 Å². The summed E-state index contributed by atoms with van der Waals surface area (Å²) in [6.45, 7) is 0. The van der Waals surface area contributed by atoms with Gasteiger partial charge in [-0.3, -0.25) is 0 Å². The van der Waals surface area contributed by atoms with Gasteiger partial charge in [0.05, 0.1) is 11.1 Å². The highest BCUT2D eigenvalue weighted by molar-refractivity contribution is 6.12. The first-order chi connectivity index (χ1) is 35.2. The zero-order valence-electron chi connectivity index (χ0n) is 39.0. The first-order valence-electron chi connectivity index (χ1n) is 24.6. The summed E-state index contributed by atoms with van der Waals surface area (Å²) in [5, 5.41) is 12.1. The molecule has 0 atom stereocenters. The van der Waals surface area contributed by atoms with E-state index in [1.54, 1.807) is 0 Å². The molecule has 14 rings (SSSR count). The van der Waals surface area contributed by atoms with Gasteiger partial charge in [-0.25, -0.2) is 0 Å². The minimum absolute atomic E-state index is 0.709. The summed E-state index contributed by atoms with van der Waals surface area (Å²) < 4.78 is 0. The lowest BCUT2D eigenvalue weighted by atomic mass is 9.67. The number of anilines is 6. The summed E-state index contributed by atoms with van der Waals surface area (Å²) in [6, 6.07) is 104. The Morgan fingerprint density at radius 3 is 1.04 bits per heavy atom. The van der Waals surface area contributed by atoms with E-state index in [1.165, 1.54) is 87.2 Å². The minimum Gasteiger partial charge on any atom is -0.310 e. The molecule has 0 aliphatic heterocycles. The lowest BCUT2D eigenvalue weighted by molar-refractivity contribution is 0.769. The molecule has 13 aromatic carbocycles. The van der Waals surface area contributed by atoms with Crippen LogP contribution in [-0.4, -0.2) is 0 Å². The van der Waals surface area contributed by atoms with E-state index >= 15 is 0 Å². The second-order valence-corrected chi connectivity index (χ2v) is 18.9. The molecule has 0 amide bonds. The van der Waals surface area contributed by atoms with Gasteiger partial charge >= 0.3 is 0 Å². The number of hydrogen-bond acceptors (Lipinski definition) is 2. The Morgan fingerprint density at radius 2 is 0.592 bits per heavy atom. The van der Waals surface area contributed by atoms with Crippen molar-refractivity contribution in [3.63, 3.8) is 0 Å². The number of rotatable bonds is 8. The van der Waals surface area contributed by atoms with Crippen LogP contribution in [0.25, 0.3) is 65.0 Å². The molecule has 0 saturated carbocycles. The molecule has 0 unspecified atom stereocenters. The van der Waals surface area contributed by atoms with Gasteiger partial charge in [0.25, 0.3) is 0 Å². The van der Waals surface area contributed by atoms with Crippen LogP contribution >= 0.6 is 0 Å². The summed E-state index contributed by atoms with van der Waals surface area (Å²) in [7, 11) is 0. The van der Waals surface area contributed by atoms with Crippen LogP contribution in [-0.2, 0) is 5.41 Å². The van der Waals surface area contributed by atoms with Crippen molar-refractivity contribution in [2.75, 3.05) is 9.80 Å². The van der Waals surface area contributed by atoms with Crippen LogP contribution in [0.4, 0.5) is 34.1 Å². The first kappa shape index (κ1) is 40.8. The molecule has 2 nitrogen and oxygen atoms in total. The Morgan fingerprint density at radius 1 is 0.239 bits per heavy atom. The quantitative estimate of drug-likeness (QED) is 0.150. The number of benzene rings is 13. The van der Waals surface area contributed by atoms with E-state index in [1.807, 2.05) is 0 Å². The van der Waals surface area contributed by atoms with Gasteiger partial charge in [-0.1, -0.05) is 212 Å². The van der Waals surface area contributed by atoms with Crippen LogP contribution in [0.5, 0.6) is 0 Å². The second-order valence-electron chi connectivity index (χ2n) is 18.9. The van der Waals surface area contributed by atoms with Gasteiger partial charge in [-0.15, -0.1) is 0 Å². The largest absolute Gasteiger partial charge is 0.310 e. The molecule has 0 N–H and O–H groups in total. The van der Waals surface area contributed by atoms with Crippen LogP contribution in [0.1, 0.15) is 22.3 Å². The van der Waals surface area contributed by atoms with E-state index in [0.29, 0.717) is 0 Å². The molecular formula is C69H46N2. The Labute approximate surface area is 413 Å². The molecule has 71 heavy (non-hydrogen) atoms. The third-order valence-corrected chi connectivity index (χ3v) is 15.0. The molecule has 1 aliphatic carbocycles. The Bertz CT molecular complexity index is 4000. The summed E-state index contributed by atoms with van der Waals surface area (Å²) >= 11 is 0. The van der Waals surface area contributed by atoms with E-state index in [-0.39, 0.29) is 0 Å². The molecule has 0 heterocycles. The molecule has 0 spiro atoms. The van der Waals surface area contributed by atoms with E-state index in [9.17, 15) is 0 Å². The summed E-state index contributed by atoms with van der Waals surface area (Å²) in [5.41, 5.74) is 13.4. The number of fused-ring (bicyclic) bond motifs is 9. The van der Waals surface area contributed by atoms with Crippen molar-refractivity contribution in [2.45, 2.75) is 5.41 Å². The average molecular weight is 903 g/mol. The number of hydrogen-bond donors (Lipinski definition) is 0. The van der Waals surface area contributed by atoms with Crippen molar-refractivity contribution in [1.29, 1.82) is 0 Å². The first-order valence-corrected chi connectivity index (χ1v) is 24.6. The third kappa shape index (κ3) is 6.57. The standard InChI is InChI=1S/C69H46N2/c1-3-25-55(26-4-1)69(56-27-5-2-6-28-56)65-45-61(70(57-35-31-47-17-7-11-21-51(47)41-57)58-36-32-48-18-8-12-22-52(48)42-58)39-40-64(65)68-63-30-16-15-29-62(63)67(46-66(68)69)71(59-37-33-49-19-9-13-23-53(49)43-59)60-38-34-50-20-10-14-24-54(50)44-60/h1-46H. The predicted octanol–water partition coefficient (Wildman–Crippen LogP) is 18.8. The van der Waals surface area contributed by atoms with Crippen LogP contribution in [0.15, 0.2) is 279 Å². The molecule has 1 aliphatic rings. The van der Waals surface area contributed by atoms with Gasteiger partial charge in [0.1, 0.15) is 0 Å². The molecule has 0 saturated heterocycles. The predicted molar refractivity (Wildman–Crippen MR) is 301 cm³/mol. The van der Waals surface area contributed by atoms with E-state index in [0.717, 1.165) is 34.1 Å². The van der Waals surface area contributed by atoms with Crippen LogP contribution in [0.2, 0.25) is 0 Å². The molecule has 13 aromatic rings. The lowest BCUT2D eigenvalue weighted by Crippen LogP contribution is -2.29. The molecule has 0 bridgehead atoms. The summed E-state index contributed by atoms with van der Waals surface area (Å²) in [5.74, 6) is 0. The third-order valence-electron chi connectivity index (χ3n) is 15.0. The van der Waals surface area contributed by atoms with Gasteiger partial charge in [-0.05, 0) is 149 Å². The topological polar surface area (TPSA) is 6.48 Å². The fraction of sp³-hybridized carbons (Fsp3) is 0.0145. The maximum atomic E-state index is 2.53. The van der Waals surface area contributed by atoms with Crippen molar-refractivity contribution in [1.82, 2.24) is 0 Å². The van der Waals surface area contributed by atoms with Crippen molar-refractivity contribution < 1.29 is 0 Å². The van der Waals surface area contributed by atoms with Crippen LogP contribution < -0.4 is 9.80 Å². The average Bonchev–Trinajstić information content (AvgIpc) is 3.74. The zero-order chi connectivity index (χ0) is 46.9. The van der Waals surface area contributed by atoms with Crippen molar-refractivity contribution in [3.8, 4) is 11.1 Å². The van der Waals surface area contributed by atoms with Gasteiger partial charge in [0.15, 0.2) is 0 Å². The monoisotopic (exact) mass is 902 g/mol. The summed E-state index contributed by atoms with van der Waals surface area (Å²) in [4.78, 5) is 4.95. The second kappa shape index (κ2) is 16.5. The van der Waals surface area contributed by atoms with E-state index in [2.05, 4.69) is 289 Å². The highest BCUT2D eigenvalue weighted by Crippen LogP contribution is 2.61. The molecule has 2 heteroatoms. The highest BCUT2D eigenvalue weighted by atomic mass is 15.1. The molecule has 0 radical (unpaired) electrons. The maximum absolute atomic E-state index is 2.53. The van der Waals surface area contributed by atoms with Gasteiger partial charge in [-0.2, -0.15) is 0 Å². The fourth-order valence-electron chi connectivity index (χ4n) is 11.8. The molecule has 0 fully saturated rings. The molecular weight excluding hydrogens is 857 g/mol. The van der Waals surface area contributed by atoms with Crippen LogP contribution in [0.3, 0.4) is 0 Å². The fourth-order valence-corrected chi connectivity index (χ4v) is 11.8. The van der Waals surface area contributed by atoms with E-state index < -0.39 is 5.41 Å². The Kier molecular flexibility index (Phi) is 9.47. The maximum Gasteiger partial charge on any atom is 0.0715 e. The van der Waals surface area contributed by atoms with Crippen molar-refractivity contribution in [2.24, 2.45) is 0 Å². The van der Waals surface area contributed by atoms with Gasteiger partial charge in [0.2, 0.25) is 0 Å². The van der Waals surface area contributed by atoms with Gasteiger partial charge in [0, 0.05) is 33.8 Å².